The number of rotatable bonds is 3. The van der Waals surface area contributed by atoms with Crippen molar-refractivity contribution in [1.82, 2.24) is 4.90 Å². The molecule has 0 bridgehead atoms. The van der Waals surface area contributed by atoms with Crippen molar-refractivity contribution in [2.75, 3.05) is 7.05 Å². The van der Waals surface area contributed by atoms with Crippen LogP contribution in [-0.4, -0.2) is 17.9 Å². The first-order valence-electron chi connectivity index (χ1n) is 6.03. The topological polar surface area (TPSA) is 20.3 Å². The normalized spacial score (nSPS) is 10.5. The molecule has 2 aromatic rings. The van der Waals surface area contributed by atoms with E-state index in [1.54, 1.807) is 19.2 Å². The van der Waals surface area contributed by atoms with Crippen LogP contribution in [0.4, 0.5) is 8.78 Å². The van der Waals surface area contributed by atoms with Gasteiger partial charge in [0.2, 0.25) is 0 Å². The van der Waals surface area contributed by atoms with Crippen molar-refractivity contribution in [2.45, 2.75) is 6.54 Å². The first-order valence-corrected chi connectivity index (χ1v) is 7.61. The molecule has 0 heterocycles. The molecule has 0 aromatic heterocycles. The maximum atomic E-state index is 13.7. The number of amides is 1. The second-order valence-corrected chi connectivity index (χ2v) is 6.29. The van der Waals surface area contributed by atoms with Gasteiger partial charge in [-0.05, 0) is 52.3 Å². The van der Waals surface area contributed by atoms with Gasteiger partial charge in [0.05, 0.1) is 5.56 Å². The van der Waals surface area contributed by atoms with E-state index in [2.05, 4.69) is 31.9 Å². The summed E-state index contributed by atoms with van der Waals surface area (Å²) in [6, 6.07) is 8.39. The maximum absolute atomic E-state index is 13.7. The van der Waals surface area contributed by atoms with Crippen LogP contribution in [0.15, 0.2) is 45.3 Å². The molecule has 0 N–H and O–H groups in total. The number of carbonyl (C=O) groups is 1. The minimum atomic E-state index is -0.431. The van der Waals surface area contributed by atoms with Crippen molar-refractivity contribution in [2.24, 2.45) is 0 Å². The van der Waals surface area contributed by atoms with Crippen LogP contribution in [0.5, 0.6) is 0 Å². The molecule has 0 unspecified atom stereocenters. The average molecular weight is 419 g/mol. The molecule has 0 radical (unpaired) electrons. The molecular weight excluding hydrogens is 408 g/mol. The van der Waals surface area contributed by atoms with Gasteiger partial charge in [-0.3, -0.25) is 4.79 Å². The standard InChI is InChI=1S/C15H11Br2F2NO/c1-20(8-9-6-10(16)2-5-14(9)19)15(21)12-4-3-11(18)7-13(12)17/h2-7H,8H2,1H3. The van der Waals surface area contributed by atoms with Gasteiger partial charge in [-0.25, -0.2) is 8.78 Å². The summed E-state index contributed by atoms with van der Waals surface area (Å²) in [6.45, 7) is 0.119. The highest BCUT2D eigenvalue weighted by atomic mass is 79.9. The molecule has 0 saturated heterocycles. The summed E-state index contributed by atoms with van der Waals surface area (Å²) in [4.78, 5) is 13.7. The molecule has 0 atom stereocenters. The van der Waals surface area contributed by atoms with Crippen LogP contribution in [0.1, 0.15) is 15.9 Å². The molecule has 0 aliphatic heterocycles. The number of benzene rings is 2. The summed E-state index contributed by atoms with van der Waals surface area (Å²) in [7, 11) is 1.57. The molecule has 0 saturated carbocycles. The third-order valence-corrected chi connectivity index (χ3v) is 4.07. The summed E-state index contributed by atoms with van der Waals surface area (Å²) < 4.78 is 27.9. The second kappa shape index (κ2) is 6.66. The first-order chi connectivity index (χ1) is 9.88. The SMILES string of the molecule is CN(Cc1cc(Br)ccc1F)C(=O)c1ccc(F)cc1Br. The Balaban J connectivity index is 2.21. The minimum Gasteiger partial charge on any atom is -0.337 e. The summed E-state index contributed by atoms with van der Waals surface area (Å²) in [5.74, 6) is -1.13. The highest BCUT2D eigenvalue weighted by Gasteiger charge is 2.17. The van der Waals surface area contributed by atoms with Gasteiger partial charge in [-0.15, -0.1) is 0 Å². The van der Waals surface area contributed by atoms with E-state index >= 15 is 0 Å². The Bertz CT molecular complexity index is 691. The predicted molar refractivity (Wildman–Crippen MR) is 84.0 cm³/mol. The van der Waals surface area contributed by atoms with Crippen molar-refractivity contribution in [3.63, 3.8) is 0 Å². The predicted octanol–water partition coefficient (Wildman–Crippen LogP) is 4.76. The molecule has 6 heteroatoms. The molecule has 2 rings (SSSR count). The molecule has 21 heavy (non-hydrogen) atoms. The lowest BCUT2D eigenvalue weighted by atomic mass is 10.1. The number of carbonyl (C=O) groups excluding carboxylic acids is 1. The molecule has 2 nitrogen and oxygen atoms in total. The van der Waals surface area contributed by atoms with Gasteiger partial charge < -0.3 is 4.90 Å². The van der Waals surface area contributed by atoms with Gasteiger partial charge in [0.15, 0.2) is 0 Å². The van der Waals surface area contributed by atoms with E-state index in [1.807, 2.05) is 0 Å². The fraction of sp³-hybridized carbons (Fsp3) is 0.133. The zero-order valence-corrected chi connectivity index (χ0v) is 14.2. The number of halogens is 4. The maximum Gasteiger partial charge on any atom is 0.255 e. The monoisotopic (exact) mass is 417 g/mol. The Kier molecular flexibility index (Phi) is 5.11. The van der Waals surface area contributed by atoms with E-state index < -0.39 is 5.82 Å². The van der Waals surface area contributed by atoms with Gasteiger partial charge in [-0.1, -0.05) is 15.9 Å². The van der Waals surface area contributed by atoms with Crippen LogP contribution >= 0.6 is 31.9 Å². The second-order valence-electron chi connectivity index (χ2n) is 4.52. The largest absolute Gasteiger partial charge is 0.337 e. The molecular formula is C15H11Br2F2NO. The highest BCUT2D eigenvalue weighted by Crippen LogP contribution is 2.21. The fourth-order valence-electron chi connectivity index (χ4n) is 1.86. The van der Waals surface area contributed by atoms with Crippen LogP contribution in [0, 0.1) is 11.6 Å². The van der Waals surface area contributed by atoms with Gasteiger partial charge in [-0.2, -0.15) is 0 Å². The molecule has 0 fully saturated rings. The highest BCUT2D eigenvalue weighted by molar-refractivity contribution is 9.10. The smallest absolute Gasteiger partial charge is 0.255 e. The Morgan fingerprint density at radius 2 is 1.86 bits per heavy atom. The van der Waals surface area contributed by atoms with Crippen LogP contribution in [0.25, 0.3) is 0 Å². The molecule has 2 aromatic carbocycles. The lowest BCUT2D eigenvalue weighted by molar-refractivity contribution is 0.0783. The quantitative estimate of drug-likeness (QED) is 0.703. The third kappa shape index (κ3) is 3.89. The number of nitrogens with zero attached hydrogens (tertiary/aromatic N) is 1. The lowest BCUT2D eigenvalue weighted by Crippen LogP contribution is -2.27. The van der Waals surface area contributed by atoms with Crippen molar-refractivity contribution in [3.05, 3.63) is 68.1 Å². The van der Waals surface area contributed by atoms with Crippen molar-refractivity contribution >= 4 is 37.8 Å². The first kappa shape index (κ1) is 16.1. The lowest BCUT2D eigenvalue weighted by Gasteiger charge is -2.18. The van der Waals surface area contributed by atoms with Gasteiger partial charge in [0.25, 0.3) is 5.91 Å². The van der Waals surface area contributed by atoms with Crippen molar-refractivity contribution in [1.29, 1.82) is 0 Å². The third-order valence-electron chi connectivity index (χ3n) is 2.92. The van der Waals surface area contributed by atoms with E-state index in [9.17, 15) is 13.6 Å². The van der Waals surface area contributed by atoms with Crippen LogP contribution in [0.2, 0.25) is 0 Å². The molecule has 1 amide bonds. The molecule has 0 aliphatic carbocycles. The summed E-state index contributed by atoms with van der Waals surface area (Å²) in [6.07, 6.45) is 0. The van der Waals surface area contributed by atoms with E-state index in [0.29, 0.717) is 15.6 Å². The van der Waals surface area contributed by atoms with Gasteiger partial charge >= 0.3 is 0 Å². The number of hydrogen-bond donors (Lipinski definition) is 0. The van der Waals surface area contributed by atoms with E-state index in [-0.39, 0.29) is 18.3 Å². The van der Waals surface area contributed by atoms with E-state index in [4.69, 9.17) is 0 Å². The molecule has 0 spiro atoms. The van der Waals surface area contributed by atoms with Gasteiger partial charge in [0.1, 0.15) is 11.6 Å². The fourth-order valence-corrected chi connectivity index (χ4v) is 2.79. The minimum absolute atomic E-state index is 0.119. The van der Waals surface area contributed by atoms with Crippen molar-refractivity contribution in [3.8, 4) is 0 Å². The Labute approximate surface area is 138 Å². The molecule has 110 valence electrons. The van der Waals surface area contributed by atoms with Crippen LogP contribution < -0.4 is 0 Å². The Morgan fingerprint density at radius 1 is 1.14 bits per heavy atom. The summed E-state index contributed by atoms with van der Waals surface area (Å²) in [5.41, 5.74) is 0.729. The average Bonchev–Trinajstić information content (AvgIpc) is 2.42. The molecule has 0 aliphatic rings. The Hall–Kier alpha value is -1.27. The van der Waals surface area contributed by atoms with Crippen molar-refractivity contribution < 1.29 is 13.6 Å². The summed E-state index contributed by atoms with van der Waals surface area (Å²) >= 11 is 6.43. The van der Waals surface area contributed by atoms with Gasteiger partial charge in [0, 0.05) is 28.1 Å². The van der Waals surface area contributed by atoms with E-state index in [1.165, 1.54) is 29.2 Å². The van der Waals surface area contributed by atoms with Crippen LogP contribution in [-0.2, 0) is 6.54 Å². The Morgan fingerprint density at radius 3 is 2.52 bits per heavy atom. The zero-order valence-electron chi connectivity index (χ0n) is 11.0. The number of hydrogen-bond acceptors (Lipinski definition) is 1. The van der Waals surface area contributed by atoms with E-state index in [0.717, 1.165) is 4.47 Å². The summed E-state index contributed by atoms with van der Waals surface area (Å²) in [5, 5.41) is 0. The zero-order chi connectivity index (χ0) is 15.6. The van der Waals surface area contributed by atoms with Crippen LogP contribution in [0.3, 0.4) is 0 Å².